The van der Waals surface area contributed by atoms with E-state index in [9.17, 15) is 67.7 Å². The smallest absolute Gasteiger partial charge is 0.328 e. The van der Waals surface area contributed by atoms with Crippen LogP contribution in [0, 0.1) is 0 Å². The highest BCUT2D eigenvalue weighted by molar-refractivity contribution is 6.00. The number of aliphatic imine (C=N–C) groups is 1. The molecule has 0 spiro atoms. The number of amides is 11. The molecule has 11 amide bonds. The zero-order chi connectivity index (χ0) is 46.4. The minimum Gasteiger partial charge on any atom is -0.480 e. The van der Waals surface area contributed by atoms with Crippen molar-refractivity contribution in [3.63, 3.8) is 0 Å². The molecule has 0 aliphatic heterocycles. The topological polar surface area (TPSA) is 524 Å². The number of primary amides is 4. The highest BCUT2D eigenvalue weighted by atomic mass is 16.4. The molecule has 0 unspecified atom stereocenters. The second kappa shape index (κ2) is 26.0. The number of guanidine groups is 1. The van der Waals surface area contributed by atoms with E-state index in [1.165, 1.54) is 0 Å². The van der Waals surface area contributed by atoms with E-state index in [1.54, 1.807) is 0 Å². The van der Waals surface area contributed by atoms with Gasteiger partial charge in [-0.15, -0.1) is 0 Å². The number of nitrogens with two attached hydrogens (primary N) is 7. The van der Waals surface area contributed by atoms with Gasteiger partial charge in [0.15, 0.2) is 12.0 Å². The Labute approximate surface area is 340 Å². The fourth-order valence-electron chi connectivity index (χ4n) is 4.70. The molecule has 0 saturated heterocycles. The van der Waals surface area contributed by atoms with Crippen LogP contribution in [0.3, 0.4) is 0 Å². The molecule has 0 radical (unpaired) electrons. The zero-order valence-electron chi connectivity index (χ0n) is 32.6. The monoisotopic (exact) mass is 859 g/mol. The fourth-order valence-corrected chi connectivity index (χ4v) is 4.70. The summed E-state index contributed by atoms with van der Waals surface area (Å²) >= 11 is 0. The SMILES string of the molecule is C[C@H](NC(=O)[C@H](CC(N)=O)NC(=O)[C@H](CC(N)=O)NC(=O)[C@@H](N)CCCN=C(N)N)C(=O)N[C@@H](CC(N)=O)C(=O)NCC(=O)N[C@@H](CC(N)=O)C(=O)N[C@H](C(=O)O)[C@@H](C)O. The van der Waals surface area contributed by atoms with Crippen LogP contribution in [-0.4, -0.2) is 149 Å². The van der Waals surface area contributed by atoms with Crippen molar-refractivity contribution in [1.82, 2.24) is 37.2 Å². The molecular weight excluding hydrogens is 806 g/mol. The maximum Gasteiger partial charge on any atom is 0.328 e. The maximum absolute atomic E-state index is 13.2. The molecule has 23 N–H and O–H groups in total. The van der Waals surface area contributed by atoms with E-state index >= 15 is 0 Å². The fraction of sp³-hybridized carbons (Fsp3) is 0.581. The number of carbonyl (C=O) groups excluding carboxylic acids is 11. The number of aliphatic hydroxyl groups is 1. The normalized spacial score (nSPS) is 14.6. The molecule has 0 heterocycles. The van der Waals surface area contributed by atoms with Crippen molar-refractivity contribution < 1.29 is 67.7 Å². The number of carboxylic acid groups (broad SMARTS) is 1. The zero-order valence-corrected chi connectivity index (χ0v) is 32.6. The molecule has 0 rings (SSSR count). The number of nitrogens with one attached hydrogen (secondary N) is 7. The Morgan fingerprint density at radius 3 is 1.38 bits per heavy atom. The third-order valence-corrected chi connectivity index (χ3v) is 7.70. The lowest BCUT2D eigenvalue weighted by Crippen LogP contribution is -2.59. The number of aliphatic carboxylic acids is 1. The van der Waals surface area contributed by atoms with Gasteiger partial charge in [-0.3, -0.25) is 57.7 Å². The van der Waals surface area contributed by atoms with Crippen LogP contribution < -0.4 is 77.4 Å². The van der Waals surface area contributed by atoms with Crippen molar-refractivity contribution in [3.05, 3.63) is 0 Å². The molecule has 8 atom stereocenters. The minimum absolute atomic E-state index is 0.0422. The highest BCUT2D eigenvalue weighted by Gasteiger charge is 2.34. The lowest BCUT2D eigenvalue weighted by atomic mass is 10.1. The summed E-state index contributed by atoms with van der Waals surface area (Å²) in [7, 11) is 0. The van der Waals surface area contributed by atoms with E-state index in [4.69, 9.17) is 40.1 Å². The predicted octanol–water partition coefficient (Wildman–Crippen LogP) is -10.6. The first-order chi connectivity index (χ1) is 27.7. The van der Waals surface area contributed by atoms with Crippen LogP contribution in [0.4, 0.5) is 0 Å². The minimum atomic E-state index is -1.84. The van der Waals surface area contributed by atoms with Gasteiger partial charge in [0.1, 0.15) is 30.2 Å². The first-order valence-electron chi connectivity index (χ1n) is 17.7. The van der Waals surface area contributed by atoms with Crippen LogP contribution in [0.5, 0.6) is 0 Å². The number of nitrogens with zero attached hydrogens (tertiary/aromatic N) is 1. The molecular formula is C31H53N15O14. The molecule has 0 aromatic rings. The van der Waals surface area contributed by atoms with Crippen LogP contribution in [0.15, 0.2) is 4.99 Å². The molecule has 0 aromatic heterocycles. The molecule has 0 bridgehead atoms. The van der Waals surface area contributed by atoms with Crippen molar-refractivity contribution in [2.45, 2.75) is 101 Å². The summed E-state index contributed by atoms with van der Waals surface area (Å²) in [6.45, 7) is 1.28. The summed E-state index contributed by atoms with van der Waals surface area (Å²) in [5, 5.41) is 33.4. The Morgan fingerprint density at radius 2 is 0.950 bits per heavy atom. The van der Waals surface area contributed by atoms with Crippen molar-refractivity contribution in [2.24, 2.45) is 45.1 Å². The quantitative estimate of drug-likeness (QED) is 0.0197. The summed E-state index contributed by atoms with van der Waals surface area (Å²) in [5.41, 5.74) is 37.0. The lowest BCUT2D eigenvalue weighted by molar-refractivity contribution is -0.145. The second-order valence-electron chi connectivity index (χ2n) is 13.1. The molecule has 0 aromatic carbocycles. The standard InChI is InChI=1S/C31H53N15O14/c1-11(41-27(56)16(8-20(35)50)45-28(57)17(9-21(36)51)44-25(54)13(32)4-3-5-39-31(37)38)24(53)43-14(6-18(33)48)26(55)40-10-22(52)42-15(7-19(34)49)29(58)46-23(12(2)47)30(59)60/h11-17,23,47H,3-10,32H2,1-2H3,(H2,33,48)(H2,34,49)(H2,35,50)(H2,36,51)(H,40,55)(H,41,56)(H,42,52)(H,43,53)(H,44,54)(H,45,57)(H,46,58)(H,59,60)(H4,37,38,39)/t11-,12+,13-,14-,15-,16-,17-,23-/m0/s1. The van der Waals surface area contributed by atoms with E-state index in [2.05, 4.69) is 26.3 Å². The first-order valence-corrected chi connectivity index (χ1v) is 17.7. The summed E-state index contributed by atoms with van der Waals surface area (Å²) in [6.07, 6.45) is -4.66. The Hall–Kier alpha value is -7.17. The van der Waals surface area contributed by atoms with Gasteiger partial charge in [-0.2, -0.15) is 0 Å². The van der Waals surface area contributed by atoms with Crippen molar-refractivity contribution in [1.29, 1.82) is 0 Å². The average molecular weight is 860 g/mol. The van der Waals surface area contributed by atoms with Gasteiger partial charge in [0, 0.05) is 6.54 Å². The number of rotatable bonds is 28. The van der Waals surface area contributed by atoms with E-state index < -0.39 is 152 Å². The van der Waals surface area contributed by atoms with Gasteiger partial charge >= 0.3 is 5.97 Å². The Kier molecular flexibility index (Phi) is 22.9. The summed E-state index contributed by atoms with van der Waals surface area (Å²) in [4.78, 5) is 152. The number of carboxylic acids is 1. The van der Waals surface area contributed by atoms with Gasteiger partial charge in [0.25, 0.3) is 0 Å². The molecule has 0 saturated carbocycles. The summed E-state index contributed by atoms with van der Waals surface area (Å²) < 4.78 is 0. The molecule has 0 fully saturated rings. The maximum atomic E-state index is 13.2. The van der Waals surface area contributed by atoms with Crippen LogP contribution in [0.1, 0.15) is 52.4 Å². The van der Waals surface area contributed by atoms with Crippen LogP contribution in [0.2, 0.25) is 0 Å². The van der Waals surface area contributed by atoms with E-state index in [1.807, 2.05) is 16.0 Å². The van der Waals surface area contributed by atoms with Gasteiger partial charge < -0.3 is 87.6 Å². The number of carbonyl (C=O) groups is 12. The van der Waals surface area contributed by atoms with Crippen molar-refractivity contribution in [2.75, 3.05) is 13.1 Å². The molecule has 29 nitrogen and oxygen atoms in total. The largest absolute Gasteiger partial charge is 0.480 e. The Bertz CT molecular complexity index is 1670. The van der Waals surface area contributed by atoms with Crippen LogP contribution in [0.25, 0.3) is 0 Å². The summed E-state index contributed by atoms with van der Waals surface area (Å²) in [5.74, 6) is -14.3. The summed E-state index contributed by atoms with van der Waals surface area (Å²) in [6, 6.07) is -11.7. The van der Waals surface area contributed by atoms with Gasteiger partial charge in [0.05, 0.1) is 44.4 Å². The third kappa shape index (κ3) is 21.4. The van der Waals surface area contributed by atoms with Gasteiger partial charge in [-0.1, -0.05) is 0 Å². The first kappa shape index (κ1) is 52.8. The van der Waals surface area contributed by atoms with Crippen molar-refractivity contribution in [3.8, 4) is 0 Å². The van der Waals surface area contributed by atoms with Gasteiger partial charge in [-0.05, 0) is 26.7 Å². The van der Waals surface area contributed by atoms with Gasteiger partial charge in [-0.25, -0.2) is 4.79 Å². The highest BCUT2D eigenvalue weighted by Crippen LogP contribution is 2.03. The molecule has 29 heteroatoms. The Morgan fingerprint density at radius 1 is 0.550 bits per heavy atom. The van der Waals surface area contributed by atoms with Gasteiger partial charge in [0.2, 0.25) is 65.0 Å². The number of aliphatic hydroxyl groups excluding tert-OH is 1. The third-order valence-electron chi connectivity index (χ3n) is 7.70. The molecule has 0 aliphatic rings. The second-order valence-corrected chi connectivity index (χ2v) is 13.1. The van der Waals surface area contributed by atoms with Crippen LogP contribution >= 0.6 is 0 Å². The number of hydrogen-bond donors (Lipinski definition) is 16. The van der Waals surface area contributed by atoms with E-state index in [0.717, 1.165) is 13.8 Å². The van der Waals surface area contributed by atoms with E-state index in [-0.39, 0.29) is 25.3 Å². The lowest BCUT2D eigenvalue weighted by Gasteiger charge is -2.25. The predicted molar refractivity (Wildman–Crippen MR) is 203 cm³/mol. The average Bonchev–Trinajstić information content (AvgIpc) is 3.11. The van der Waals surface area contributed by atoms with Crippen LogP contribution in [-0.2, 0) is 57.5 Å². The van der Waals surface area contributed by atoms with E-state index in [0.29, 0.717) is 0 Å². The molecule has 60 heavy (non-hydrogen) atoms. The number of hydrogen-bond acceptors (Lipinski definition) is 15. The molecule has 0 aliphatic carbocycles. The molecule has 336 valence electrons. The van der Waals surface area contributed by atoms with Crippen molar-refractivity contribution >= 4 is 76.9 Å². The Balaban J connectivity index is 5.78.